The van der Waals surface area contributed by atoms with Crippen LogP contribution in [0.2, 0.25) is 0 Å². The number of ether oxygens (including phenoxy) is 1. The third kappa shape index (κ3) is 2.34. The van der Waals surface area contributed by atoms with Gasteiger partial charge in [0, 0.05) is 12.5 Å². The van der Waals surface area contributed by atoms with Gasteiger partial charge in [-0.2, -0.15) is 0 Å². The molecule has 1 aliphatic rings. The second-order valence-corrected chi connectivity index (χ2v) is 4.58. The Hall–Kier alpha value is -1.55. The first kappa shape index (κ1) is 12.9. The summed E-state index contributed by atoms with van der Waals surface area (Å²) < 4.78 is 5.46. The second-order valence-electron chi connectivity index (χ2n) is 4.58. The first-order valence-electron chi connectivity index (χ1n) is 6.33. The Labute approximate surface area is 107 Å². The Bertz CT molecular complexity index is 445. The molecule has 0 radical (unpaired) electrons. The van der Waals surface area contributed by atoms with E-state index < -0.39 is 11.9 Å². The summed E-state index contributed by atoms with van der Waals surface area (Å²) in [4.78, 5) is 11.3. The molecule has 0 fully saturated rings. The van der Waals surface area contributed by atoms with E-state index in [9.17, 15) is 9.90 Å². The standard InChI is InChI=1S/C14H19NO3/c1-3-11(14(16)17)13(15-2)10-4-5-12-9(8-10)6-7-18-12/h4-5,8,11,13,15H,3,6-7H2,1-2H3,(H,16,17). The lowest BCUT2D eigenvalue weighted by Gasteiger charge is -2.23. The highest BCUT2D eigenvalue weighted by Crippen LogP contribution is 2.31. The predicted molar refractivity (Wildman–Crippen MR) is 68.9 cm³/mol. The summed E-state index contributed by atoms with van der Waals surface area (Å²) in [7, 11) is 1.81. The Balaban J connectivity index is 2.29. The van der Waals surface area contributed by atoms with Crippen molar-refractivity contribution < 1.29 is 14.6 Å². The Morgan fingerprint density at radius 3 is 2.94 bits per heavy atom. The fraction of sp³-hybridized carbons (Fsp3) is 0.500. The number of nitrogens with one attached hydrogen (secondary N) is 1. The van der Waals surface area contributed by atoms with Crippen LogP contribution in [0.25, 0.3) is 0 Å². The maximum Gasteiger partial charge on any atom is 0.308 e. The molecule has 1 aliphatic heterocycles. The van der Waals surface area contributed by atoms with Gasteiger partial charge in [0.15, 0.2) is 0 Å². The quantitative estimate of drug-likeness (QED) is 0.838. The predicted octanol–water partition coefficient (Wildman–Crippen LogP) is 1.99. The molecular weight excluding hydrogens is 230 g/mol. The third-order valence-electron chi connectivity index (χ3n) is 3.54. The van der Waals surface area contributed by atoms with Gasteiger partial charge in [0.25, 0.3) is 0 Å². The Morgan fingerprint density at radius 1 is 1.56 bits per heavy atom. The van der Waals surface area contributed by atoms with E-state index in [1.165, 1.54) is 5.56 Å². The summed E-state index contributed by atoms with van der Waals surface area (Å²) in [6, 6.07) is 5.81. The first-order chi connectivity index (χ1) is 8.67. The van der Waals surface area contributed by atoms with Gasteiger partial charge in [0.2, 0.25) is 0 Å². The molecule has 0 saturated carbocycles. The molecule has 18 heavy (non-hydrogen) atoms. The van der Waals surface area contributed by atoms with Gasteiger partial charge >= 0.3 is 5.97 Å². The van der Waals surface area contributed by atoms with E-state index in [-0.39, 0.29) is 6.04 Å². The molecule has 4 nitrogen and oxygen atoms in total. The normalized spacial score (nSPS) is 16.8. The number of rotatable bonds is 5. The minimum atomic E-state index is -0.756. The first-order valence-corrected chi connectivity index (χ1v) is 6.33. The van der Waals surface area contributed by atoms with Crippen molar-refractivity contribution in [2.45, 2.75) is 25.8 Å². The van der Waals surface area contributed by atoms with E-state index in [1.807, 2.05) is 19.1 Å². The van der Waals surface area contributed by atoms with Crippen LogP contribution in [0, 0.1) is 5.92 Å². The summed E-state index contributed by atoms with van der Waals surface area (Å²) >= 11 is 0. The van der Waals surface area contributed by atoms with Crippen molar-refractivity contribution in [2.75, 3.05) is 13.7 Å². The molecule has 1 heterocycles. The topological polar surface area (TPSA) is 58.6 Å². The maximum absolute atomic E-state index is 11.3. The lowest BCUT2D eigenvalue weighted by Crippen LogP contribution is -2.30. The number of carbonyl (C=O) groups is 1. The zero-order valence-electron chi connectivity index (χ0n) is 10.8. The largest absolute Gasteiger partial charge is 0.493 e. The van der Waals surface area contributed by atoms with Crippen LogP contribution in [-0.2, 0) is 11.2 Å². The molecule has 0 bridgehead atoms. The average molecular weight is 249 g/mol. The van der Waals surface area contributed by atoms with Gasteiger partial charge in [-0.15, -0.1) is 0 Å². The molecule has 1 aromatic rings. The fourth-order valence-electron chi connectivity index (χ4n) is 2.55. The number of hydrogen-bond acceptors (Lipinski definition) is 3. The number of fused-ring (bicyclic) bond motifs is 1. The fourth-order valence-corrected chi connectivity index (χ4v) is 2.55. The smallest absolute Gasteiger partial charge is 0.308 e. The molecule has 2 atom stereocenters. The molecule has 0 amide bonds. The zero-order chi connectivity index (χ0) is 13.1. The molecule has 2 unspecified atom stereocenters. The molecule has 2 rings (SSSR count). The van der Waals surface area contributed by atoms with E-state index in [1.54, 1.807) is 7.05 Å². The van der Waals surface area contributed by atoms with E-state index in [0.29, 0.717) is 6.42 Å². The van der Waals surface area contributed by atoms with Crippen molar-refractivity contribution in [2.24, 2.45) is 5.92 Å². The molecule has 0 saturated heterocycles. The highest BCUT2D eigenvalue weighted by molar-refractivity contribution is 5.71. The van der Waals surface area contributed by atoms with Crippen LogP contribution in [0.15, 0.2) is 18.2 Å². The summed E-state index contributed by atoms with van der Waals surface area (Å²) in [6.07, 6.45) is 1.51. The Morgan fingerprint density at radius 2 is 2.33 bits per heavy atom. The van der Waals surface area contributed by atoms with Gasteiger partial charge in [-0.05, 0) is 30.7 Å². The summed E-state index contributed by atoms with van der Waals surface area (Å²) in [5.41, 5.74) is 2.20. The molecule has 0 spiro atoms. The van der Waals surface area contributed by atoms with E-state index in [4.69, 9.17) is 4.74 Å². The number of aliphatic carboxylic acids is 1. The minimum Gasteiger partial charge on any atom is -0.493 e. The SMILES string of the molecule is CCC(C(=O)O)C(NC)c1ccc2c(c1)CCO2. The maximum atomic E-state index is 11.3. The molecule has 0 aliphatic carbocycles. The van der Waals surface area contributed by atoms with Crippen LogP contribution >= 0.6 is 0 Å². The Kier molecular flexibility index (Phi) is 3.87. The summed E-state index contributed by atoms with van der Waals surface area (Å²) in [5.74, 6) is -0.235. The van der Waals surface area contributed by atoms with Crippen LogP contribution in [0.4, 0.5) is 0 Å². The van der Waals surface area contributed by atoms with Crippen LogP contribution < -0.4 is 10.1 Å². The average Bonchev–Trinajstić information content (AvgIpc) is 2.82. The number of hydrogen-bond donors (Lipinski definition) is 2. The summed E-state index contributed by atoms with van der Waals surface area (Å²) in [6.45, 7) is 2.62. The number of benzene rings is 1. The van der Waals surface area contributed by atoms with Gasteiger partial charge in [-0.25, -0.2) is 0 Å². The lowest BCUT2D eigenvalue weighted by atomic mass is 9.90. The van der Waals surface area contributed by atoms with Gasteiger partial charge in [-0.1, -0.05) is 19.1 Å². The monoisotopic (exact) mass is 249 g/mol. The molecule has 1 aromatic carbocycles. The van der Waals surface area contributed by atoms with Crippen molar-refractivity contribution in [3.8, 4) is 5.75 Å². The molecule has 4 heteroatoms. The van der Waals surface area contributed by atoms with Gasteiger partial charge in [0.05, 0.1) is 12.5 Å². The second kappa shape index (κ2) is 5.40. The molecular formula is C14H19NO3. The van der Waals surface area contributed by atoms with Crippen molar-refractivity contribution in [1.82, 2.24) is 5.32 Å². The van der Waals surface area contributed by atoms with Crippen LogP contribution in [0.3, 0.4) is 0 Å². The van der Waals surface area contributed by atoms with Crippen molar-refractivity contribution in [3.63, 3.8) is 0 Å². The molecule has 98 valence electrons. The third-order valence-corrected chi connectivity index (χ3v) is 3.54. The van der Waals surface area contributed by atoms with E-state index >= 15 is 0 Å². The van der Waals surface area contributed by atoms with Crippen LogP contribution in [0.1, 0.15) is 30.5 Å². The summed E-state index contributed by atoms with van der Waals surface area (Å²) in [5, 5.41) is 12.4. The van der Waals surface area contributed by atoms with Gasteiger partial charge < -0.3 is 15.2 Å². The highest BCUT2D eigenvalue weighted by Gasteiger charge is 2.27. The number of carboxylic acids is 1. The number of carboxylic acid groups (broad SMARTS) is 1. The van der Waals surface area contributed by atoms with E-state index in [0.717, 1.165) is 24.3 Å². The van der Waals surface area contributed by atoms with Gasteiger partial charge in [-0.3, -0.25) is 4.79 Å². The van der Waals surface area contributed by atoms with Crippen molar-refractivity contribution in [3.05, 3.63) is 29.3 Å². The van der Waals surface area contributed by atoms with Gasteiger partial charge in [0.1, 0.15) is 5.75 Å². The van der Waals surface area contributed by atoms with E-state index in [2.05, 4.69) is 11.4 Å². The lowest BCUT2D eigenvalue weighted by molar-refractivity contribution is -0.143. The zero-order valence-corrected chi connectivity index (χ0v) is 10.8. The minimum absolute atomic E-state index is 0.154. The highest BCUT2D eigenvalue weighted by atomic mass is 16.5. The van der Waals surface area contributed by atoms with Crippen molar-refractivity contribution in [1.29, 1.82) is 0 Å². The molecule has 2 N–H and O–H groups in total. The van der Waals surface area contributed by atoms with Crippen LogP contribution in [0.5, 0.6) is 5.75 Å². The van der Waals surface area contributed by atoms with Crippen LogP contribution in [-0.4, -0.2) is 24.7 Å². The van der Waals surface area contributed by atoms with Crippen molar-refractivity contribution >= 4 is 5.97 Å². The molecule has 0 aromatic heterocycles.